The standard InChI is InChI=1S/C15H20O3/c1-10(14(17)18-5)13(16)11-6-8-12(9-7-11)15(2,3)4/h6-10H,1-5H3. The van der Waals surface area contributed by atoms with E-state index in [1.807, 2.05) is 12.1 Å². The molecule has 1 atom stereocenters. The molecule has 0 aliphatic rings. The fourth-order valence-electron chi connectivity index (χ4n) is 1.67. The van der Waals surface area contributed by atoms with Crippen molar-refractivity contribution in [2.24, 2.45) is 5.92 Å². The lowest BCUT2D eigenvalue weighted by Crippen LogP contribution is -2.22. The maximum Gasteiger partial charge on any atom is 0.316 e. The molecule has 3 heteroatoms. The molecule has 98 valence electrons. The molecule has 0 saturated heterocycles. The normalized spacial score (nSPS) is 12.9. The summed E-state index contributed by atoms with van der Waals surface area (Å²) in [5, 5.41) is 0. The van der Waals surface area contributed by atoms with Crippen molar-refractivity contribution in [2.45, 2.75) is 33.1 Å². The van der Waals surface area contributed by atoms with Crippen LogP contribution in [0.2, 0.25) is 0 Å². The Labute approximate surface area is 108 Å². The molecule has 0 aliphatic carbocycles. The van der Waals surface area contributed by atoms with Gasteiger partial charge in [-0.15, -0.1) is 0 Å². The molecule has 0 N–H and O–H groups in total. The number of rotatable bonds is 3. The van der Waals surface area contributed by atoms with E-state index in [1.54, 1.807) is 19.1 Å². The Morgan fingerprint density at radius 1 is 1.11 bits per heavy atom. The van der Waals surface area contributed by atoms with Crippen molar-refractivity contribution in [3.05, 3.63) is 35.4 Å². The number of ether oxygens (including phenoxy) is 1. The highest BCUT2D eigenvalue weighted by molar-refractivity contribution is 6.08. The molecule has 0 amide bonds. The minimum atomic E-state index is -0.754. The summed E-state index contributed by atoms with van der Waals surface area (Å²) in [7, 11) is 1.29. The number of esters is 1. The maximum absolute atomic E-state index is 12.0. The third-order valence-corrected chi connectivity index (χ3v) is 2.98. The van der Waals surface area contributed by atoms with Crippen LogP contribution in [-0.2, 0) is 14.9 Å². The van der Waals surface area contributed by atoms with Crippen LogP contribution in [0.3, 0.4) is 0 Å². The van der Waals surface area contributed by atoms with E-state index in [0.29, 0.717) is 5.56 Å². The number of hydrogen-bond acceptors (Lipinski definition) is 3. The third-order valence-electron chi connectivity index (χ3n) is 2.98. The van der Waals surface area contributed by atoms with E-state index in [-0.39, 0.29) is 11.2 Å². The minimum Gasteiger partial charge on any atom is -0.468 e. The molecule has 1 unspecified atom stereocenters. The van der Waals surface area contributed by atoms with Crippen molar-refractivity contribution in [2.75, 3.05) is 7.11 Å². The molecule has 0 radical (unpaired) electrons. The second kappa shape index (κ2) is 5.34. The van der Waals surface area contributed by atoms with Gasteiger partial charge in [-0.2, -0.15) is 0 Å². The van der Waals surface area contributed by atoms with Gasteiger partial charge in [0.1, 0.15) is 5.92 Å². The third kappa shape index (κ3) is 3.19. The van der Waals surface area contributed by atoms with Crippen LogP contribution in [0, 0.1) is 5.92 Å². The number of methoxy groups -OCH3 is 1. The summed E-state index contributed by atoms with van der Waals surface area (Å²) in [6, 6.07) is 7.39. The van der Waals surface area contributed by atoms with Crippen molar-refractivity contribution in [3.63, 3.8) is 0 Å². The van der Waals surface area contributed by atoms with E-state index in [1.165, 1.54) is 7.11 Å². The molecule has 0 saturated carbocycles. The van der Waals surface area contributed by atoms with Crippen molar-refractivity contribution in [1.29, 1.82) is 0 Å². The molecule has 0 heterocycles. The van der Waals surface area contributed by atoms with Crippen LogP contribution in [0.25, 0.3) is 0 Å². The SMILES string of the molecule is COC(=O)C(C)C(=O)c1ccc(C(C)(C)C)cc1. The van der Waals surface area contributed by atoms with Gasteiger partial charge in [-0.25, -0.2) is 0 Å². The van der Waals surface area contributed by atoms with Crippen LogP contribution in [0.1, 0.15) is 43.6 Å². The largest absolute Gasteiger partial charge is 0.468 e. The van der Waals surface area contributed by atoms with Gasteiger partial charge in [0.2, 0.25) is 0 Å². The van der Waals surface area contributed by atoms with Gasteiger partial charge >= 0.3 is 5.97 Å². The fourth-order valence-corrected chi connectivity index (χ4v) is 1.67. The summed E-state index contributed by atoms with van der Waals surface area (Å²) in [5.74, 6) is -1.46. The van der Waals surface area contributed by atoms with Crippen LogP contribution in [0.5, 0.6) is 0 Å². The van der Waals surface area contributed by atoms with Crippen LogP contribution in [0.4, 0.5) is 0 Å². The lowest BCUT2D eigenvalue weighted by molar-refractivity contribution is -0.143. The van der Waals surface area contributed by atoms with Crippen LogP contribution in [-0.4, -0.2) is 18.9 Å². The van der Waals surface area contributed by atoms with E-state index in [9.17, 15) is 9.59 Å². The number of benzene rings is 1. The Bertz CT molecular complexity index is 438. The van der Waals surface area contributed by atoms with Gasteiger partial charge in [-0.3, -0.25) is 9.59 Å². The summed E-state index contributed by atoms with van der Waals surface area (Å²) in [6.45, 7) is 7.90. The zero-order chi connectivity index (χ0) is 13.9. The molecule has 0 aromatic heterocycles. The maximum atomic E-state index is 12.0. The molecular formula is C15H20O3. The van der Waals surface area contributed by atoms with Gasteiger partial charge in [0.05, 0.1) is 7.11 Å². The lowest BCUT2D eigenvalue weighted by Gasteiger charge is -2.19. The number of carbonyl (C=O) groups excluding carboxylic acids is 2. The van der Waals surface area contributed by atoms with Crippen molar-refractivity contribution in [3.8, 4) is 0 Å². The highest BCUT2D eigenvalue weighted by Crippen LogP contribution is 2.23. The molecule has 3 nitrogen and oxygen atoms in total. The highest BCUT2D eigenvalue weighted by atomic mass is 16.5. The first kappa shape index (κ1) is 14.4. The molecule has 0 fully saturated rings. The predicted octanol–water partition coefficient (Wildman–Crippen LogP) is 2.98. The van der Waals surface area contributed by atoms with Gasteiger partial charge in [0.25, 0.3) is 0 Å². The molecule has 0 spiro atoms. The predicted molar refractivity (Wildman–Crippen MR) is 70.7 cm³/mol. The molecule has 18 heavy (non-hydrogen) atoms. The second-order valence-corrected chi connectivity index (χ2v) is 5.44. The van der Waals surface area contributed by atoms with Gasteiger partial charge in [0, 0.05) is 5.56 Å². The van der Waals surface area contributed by atoms with E-state index < -0.39 is 11.9 Å². The first-order valence-corrected chi connectivity index (χ1v) is 6.00. The summed E-state index contributed by atoms with van der Waals surface area (Å²) in [6.07, 6.45) is 0. The van der Waals surface area contributed by atoms with E-state index in [4.69, 9.17) is 0 Å². The van der Waals surface area contributed by atoms with E-state index >= 15 is 0 Å². The Hall–Kier alpha value is -1.64. The highest BCUT2D eigenvalue weighted by Gasteiger charge is 2.23. The number of ketones is 1. The number of hydrogen-bond donors (Lipinski definition) is 0. The van der Waals surface area contributed by atoms with Gasteiger partial charge in [-0.1, -0.05) is 45.0 Å². The topological polar surface area (TPSA) is 43.4 Å². The zero-order valence-electron chi connectivity index (χ0n) is 11.6. The summed E-state index contributed by atoms with van der Waals surface area (Å²) in [4.78, 5) is 23.3. The Morgan fingerprint density at radius 3 is 2.00 bits per heavy atom. The quantitative estimate of drug-likeness (QED) is 0.469. The smallest absolute Gasteiger partial charge is 0.316 e. The first-order chi connectivity index (χ1) is 8.27. The van der Waals surface area contributed by atoms with Crippen molar-refractivity contribution < 1.29 is 14.3 Å². The minimum absolute atomic E-state index is 0.0511. The first-order valence-electron chi connectivity index (χ1n) is 6.00. The van der Waals surface area contributed by atoms with Gasteiger partial charge < -0.3 is 4.74 Å². The zero-order valence-corrected chi connectivity index (χ0v) is 11.6. The molecular weight excluding hydrogens is 228 g/mol. The van der Waals surface area contributed by atoms with E-state index in [0.717, 1.165) is 5.56 Å². The molecule has 1 aromatic rings. The van der Waals surface area contributed by atoms with Gasteiger partial charge in [-0.05, 0) is 17.9 Å². The Balaban J connectivity index is 2.92. The van der Waals surface area contributed by atoms with Crippen LogP contribution >= 0.6 is 0 Å². The van der Waals surface area contributed by atoms with Crippen molar-refractivity contribution in [1.82, 2.24) is 0 Å². The monoisotopic (exact) mass is 248 g/mol. The summed E-state index contributed by atoms with van der Waals surface area (Å²) in [5.41, 5.74) is 1.75. The van der Waals surface area contributed by atoms with Crippen LogP contribution < -0.4 is 0 Å². The molecule has 1 aromatic carbocycles. The fraction of sp³-hybridized carbons (Fsp3) is 0.467. The lowest BCUT2D eigenvalue weighted by atomic mass is 9.86. The Morgan fingerprint density at radius 2 is 1.61 bits per heavy atom. The summed E-state index contributed by atoms with van der Waals surface area (Å²) < 4.78 is 4.57. The van der Waals surface area contributed by atoms with Crippen molar-refractivity contribution >= 4 is 11.8 Å². The average Bonchev–Trinajstić information content (AvgIpc) is 2.35. The summed E-state index contributed by atoms with van der Waals surface area (Å²) >= 11 is 0. The molecule has 0 bridgehead atoms. The number of carbonyl (C=O) groups is 2. The van der Waals surface area contributed by atoms with Crippen LogP contribution in [0.15, 0.2) is 24.3 Å². The Kier molecular flexibility index (Phi) is 4.28. The molecule has 1 rings (SSSR count). The number of Topliss-reactive ketones (excluding diaryl/α,β-unsaturated/α-hetero) is 1. The molecule has 0 aliphatic heterocycles. The van der Waals surface area contributed by atoms with Gasteiger partial charge in [0.15, 0.2) is 5.78 Å². The second-order valence-electron chi connectivity index (χ2n) is 5.44. The average molecular weight is 248 g/mol. The van der Waals surface area contributed by atoms with E-state index in [2.05, 4.69) is 25.5 Å².